The van der Waals surface area contributed by atoms with E-state index in [0.29, 0.717) is 0 Å². The molecule has 2 nitrogen and oxygen atoms in total. The molecule has 0 unspecified atom stereocenters. The van der Waals surface area contributed by atoms with Crippen LogP contribution >= 0.6 is 0 Å². The summed E-state index contributed by atoms with van der Waals surface area (Å²) >= 11 is 0. The van der Waals surface area contributed by atoms with Gasteiger partial charge in [0.05, 0.1) is 33.1 Å². The van der Waals surface area contributed by atoms with Crippen LogP contribution in [-0.4, -0.2) is 8.80 Å². The van der Waals surface area contributed by atoms with E-state index in [-0.39, 0.29) is 0 Å². The van der Waals surface area contributed by atoms with Crippen LogP contribution in [0.2, 0.25) is 0 Å². The second-order valence-electron chi connectivity index (χ2n) is 14.0. The summed E-state index contributed by atoms with van der Waals surface area (Å²) in [5, 5.41) is 10.6. The summed E-state index contributed by atoms with van der Waals surface area (Å²) in [6, 6.07) is 59.1. The lowest BCUT2D eigenvalue weighted by atomic mass is 9.80. The molecule has 0 saturated carbocycles. The van der Waals surface area contributed by atoms with Crippen molar-refractivity contribution in [1.82, 2.24) is 8.80 Å². The van der Waals surface area contributed by atoms with Gasteiger partial charge in [-0.2, -0.15) is 0 Å². The molecule has 0 atom stereocenters. The van der Waals surface area contributed by atoms with E-state index in [9.17, 15) is 0 Å². The Morgan fingerprint density at radius 1 is 0.240 bits per heavy atom. The van der Waals surface area contributed by atoms with Crippen molar-refractivity contribution < 1.29 is 0 Å². The molecule has 228 valence electrons. The summed E-state index contributed by atoms with van der Waals surface area (Å²) < 4.78 is 5.06. The molecule has 1 aliphatic carbocycles. The van der Waals surface area contributed by atoms with Gasteiger partial charge in [-0.05, 0) is 74.8 Å². The molecule has 0 radical (unpaired) electrons. The molecular formula is C48H26N2. The Bertz CT molecular complexity index is 3430. The number of rotatable bonds is 0. The first-order valence-electron chi connectivity index (χ1n) is 17.5. The molecule has 13 rings (SSSR count). The first kappa shape index (κ1) is 25.4. The smallest absolute Gasteiger partial charge is 0.0620 e. The van der Waals surface area contributed by atoms with E-state index >= 15 is 0 Å². The van der Waals surface area contributed by atoms with Crippen molar-refractivity contribution in [2.24, 2.45) is 0 Å². The number of benzene rings is 8. The highest BCUT2D eigenvalue weighted by molar-refractivity contribution is 6.35. The molecule has 12 aromatic rings. The van der Waals surface area contributed by atoms with E-state index in [1.165, 1.54) is 121 Å². The summed E-state index contributed by atoms with van der Waals surface area (Å²) in [6.07, 6.45) is 0. The average Bonchev–Trinajstić information content (AvgIpc) is 3.90. The molecule has 2 heteroatoms. The fraction of sp³-hybridized carbons (Fsp3) is 0. The number of fused-ring (bicyclic) bond motifs is 21. The van der Waals surface area contributed by atoms with Gasteiger partial charge in [0.25, 0.3) is 0 Å². The third kappa shape index (κ3) is 2.83. The molecule has 50 heavy (non-hydrogen) atoms. The molecular weight excluding hydrogens is 605 g/mol. The minimum atomic E-state index is 1.26. The SMILES string of the molecule is c1ccc2c(c1)-c1ccccc1-c1cc3c4cccc5c6c7c8cccc9c%10ccccc%10n(c7ccc6n(c3cc1-c1ccccc1-2)c45)c98. The van der Waals surface area contributed by atoms with Crippen molar-refractivity contribution >= 4 is 76.2 Å². The third-order valence-electron chi connectivity index (χ3n) is 11.7. The van der Waals surface area contributed by atoms with Gasteiger partial charge in [-0.1, -0.05) is 127 Å². The van der Waals surface area contributed by atoms with E-state index in [2.05, 4.69) is 167 Å². The maximum Gasteiger partial charge on any atom is 0.0620 e. The molecule has 0 bridgehead atoms. The zero-order valence-corrected chi connectivity index (χ0v) is 26.9. The van der Waals surface area contributed by atoms with Crippen LogP contribution in [0.15, 0.2) is 158 Å². The van der Waals surface area contributed by atoms with Gasteiger partial charge in [-0.25, -0.2) is 0 Å². The predicted octanol–water partition coefficient (Wildman–Crippen LogP) is 13.0. The van der Waals surface area contributed by atoms with Gasteiger partial charge in [-0.3, -0.25) is 0 Å². The van der Waals surface area contributed by atoms with E-state index < -0.39 is 0 Å². The van der Waals surface area contributed by atoms with Crippen LogP contribution in [0.4, 0.5) is 0 Å². The van der Waals surface area contributed by atoms with Gasteiger partial charge in [0.15, 0.2) is 0 Å². The Balaban J connectivity index is 1.22. The number of hydrogen-bond donors (Lipinski definition) is 0. The van der Waals surface area contributed by atoms with Gasteiger partial charge in [0, 0.05) is 43.1 Å². The van der Waals surface area contributed by atoms with Crippen LogP contribution in [0.5, 0.6) is 0 Å². The Kier molecular flexibility index (Phi) is 4.41. The van der Waals surface area contributed by atoms with Crippen molar-refractivity contribution in [2.75, 3.05) is 0 Å². The molecule has 4 heterocycles. The van der Waals surface area contributed by atoms with Crippen molar-refractivity contribution in [3.63, 3.8) is 0 Å². The van der Waals surface area contributed by atoms with Gasteiger partial charge in [-0.15, -0.1) is 0 Å². The van der Waals surface area contributed by atoms with Crippen LogP contribution in [-0.2, 0) is 0 Å². The highest BCUT2D eigenvalue weighted by Crippen LogP contribution is 2.51. The molecule has 8 aromatic carbocycles. The summed E-state index contributed by atoms with van der Waals surface area (Å²) in [6.45, 7) is 0. The Morgan fingerprint density at radius 3 is 1.20 bits per heavy atom. The molecule has 0 saturated heterocycles. The highest BCUT2D eigenvalue weighted by Gasteiger charge is 2.27. The first-order valence-corrected chi connectivity index (χ1v) is 17.5. The van der Waals surface area contributed by atoms with Crippen molar-refractivity contribution in [1.29, 1.82) is 0 Å². The number of para-hydroxylation sites is 3. The summed E-state index contributed by atoms with van der Waals surface area (Å²) in [4.78, 5) is 0. The van der Waals surface area contributed by atoms with E-state index in [1.54, 1.807) is 0 Å². The van der Waals surface area contributed by atoms with Crippen LogP contribution in [0, 0.1) is 0 Å². The molecule has 0 fully saturated rings. The van der Waals surface area contributed by atoms with Gasteiger partial charge in [0.2, 0.25) is 0 Å². The summed E-state index contributed by atoms with van der Waals surface area (Å²) in [5.41, 5.74) is 17.9. The maximum atomic E-state index is 2.56. The molecule has 4 aromatic heterocycles. The fourth-order valence-corrected chi connectivity index (χ4v) is 9.84. The normalized spacial score (nSPS) is 12.8. The minimum Gasteiger partial charge on any atom is -0.308 e. The number of hydrogen-bond acceptors (Lipinski definition) is 0. The second kappa shape index (κ2) is 8.68. The molecule has 0 amide bonds. The number of nitrogens with zero attached hydrogens (tertiary/aromatic N) is 2. The van der Waals surface area contributed by atoms with Crippen molar-refractivity contribution in [3.05, 3.63) is 158 Å². The maximum absolute atomic E-state index is 2.56. The average molecular weight is 631 g/mol. The third-order valence-corrected chi connectivity index (χ3v) is 11.7. The second-order valence-corrected chi connectivity index (χ2v) is 14.0. The first-order chi connectivity index (χ1) is 24.8. The molecule has 0 spiro atoms. The van der Waals surface area contributed by atoms with Gasteiger partial charge >= 0.3 is 0 Å². The zero-order valence-electron chi connectivity index (χ0n) is 26.9. The largest absolute Gasteiger partial charge is 0.308 e. The van der Waals surface area contributed by atoms with E-state index in [1.807, 2.05) is 0 Å². The zero-order chi connectivity index (χ0) is 32.2. The topological polar surface area (TPSA) is 8.82 Å². The van der Waals surface area contributed by atoms with E-state index in [4.69, 9.17) is 0 Å². The lowest BCUT2D eigenvalue weighted by Crippen LogP contribution is -1.97. The Labute approximate surface area is 286 Å². The van der Waals surface area contributed by atoms with E-state index in [0.717, 1.165) is 0 Å². The lowest BCUT2D eigenvalue weighted by molar-refractivity contribution is 1.36. The minimum absolute atomic E-state index is 1.26. The standard InChI is InChI=1S/C48H26N2/c1-2-12-28-27(11-1)29-13-3-5-15-31(29)38-25-40-35-19-10-21-37-46-43(50(48(35)37)44(40)26-39(38)32-16-6-4-14-30(28)32)24-23-42-45(46)36-20-9-18-34-33-17-7-8-22-41(33)49(42)47(34)36/h1-26H. The van der Waals surface area contributed by atoms with Crippen LogP contribution in [0.3, 0.4) is 0 Å². The summed E-state index contributed by atoms with van der Waals surface area (Å²) in [7, 11) is 0. The molecule has 1 aliphatic rings. The number of aromatic nitrogens is 2. The summed E-state index contributed by atoms with van der Waals surface area (Å²) in [5.74, 6) is 0. The van der Waals surface area contributed by atoms with Crippen molar-refractivity contribution in [2.45, 2.75) is 0 Å². The van der Waals surface area contributed by atoms with Crippen LogP contribution in [0.1, 0.15) is 0 Å². The highest BCUT2D eigenvalue weighted by atomic mass is 14.9. The van der Waals surface area contributed by atoms with Gasteiger partial charge < -0.3 is 8.80 Å². The quantitative estimate of drug-likeness (QED) is 0.158. The van der Waals surface area contributed by atoms with Crippen LogP contribution < -0.4 is 0 Å². The van der Waals surface area contributed by atoms with Crippen LogP contribution in [0.25, 0.3) is 121 Å². The Hall–Kier alpha value is -6.64. The Morgan fingerprint density at radius 2 is 0.640 bits per heavy atom. The van der Waals surface area contributed by atoms with Gasteiger partial charge in [0.1, 0.15) is 0 Å². The van der Waals surface area contributed by atoms with Crippen molar-refractivity contribution in [3.8, 4) is 44.5 Å². The molecule has 0 N–H and O–H groups in total. The lowest BCUT2D eigenvalue weighted by Gasteiger charge is -2.23. The monoisotopic (exact) mass is 630 g/mol. The molecule has 0 aliphatic heterocycles. The predicted molar refractivity (Wildman–Crippen MR) is 211 cm³/mol. The fourth-order valence-electron chi connectivity index (χ4n) is 9.84.